The summed E-state index contributed by atoms with van der Waals surface area (Å²) in [4.78, 5) is 12.4. The van der Waals surface area contributed by atoms with E-state index >= 15 is 0 Å². The Kier molecular flexibility index (Phi) is 3.76. The van der Waals surface area contributed by atoms with Crippen LogP contribution in [0.2, 0.25) is 5.02 Å². The molecule has 0 amide bonds. The Balaban J connectivity index is 2.31. The summed E-state index contributed by atoms with van der Waals surface area (Å²) in [6.45, 7) is 5.81. The summed E-state index contributed by atoms with van der Waals surface area (Å²) < 4.78 is 1.68. The average molecular weight is 277 g/mol. The number of ketones is 1. The molecule has 0 aliphatic heterocycles. The standard InChI is InChI=1S/C15H17ClN2O/c1-9-5-6-12(10(2)7-9)14(19)8-13-15(16)11(3)17-18(13)4/h5-7H,8H2,1-4H3. The van der Waals surface area contributed by atoms with Crippen LogP contribution in [0.4, 0.5) is 0 Å². The summed E-state index contributed by atoms with van der Waals surface area (Å²) in [5.41, 5.74) is 4.43. The van der Waals surface area contributed by atoms with Crippen LogP contribution < -0.4 is 0 Å². The molecule has 0 spiro atoms. The SMILES string of the molecule is Cc1ccc(C(=O)Cc2c(Cl)c(C)nn2C)c(C)c1. The molecule has 0 aliphatic carbocycles. The van der Waals surface area contributed by atoms with Gasteiger partial charge in [-0.05, 0) is 26.3 Å². The van der Waals surface area contributed by atoms with Crippen molar-refractivity contribution in [2.24, 2.45) is 7.05 Å². The van der Waals surface area contributed by atoms with E-state index in [1.807, 2.05) is 46.0 Å². The zero-order valence-electron chi connectivity index (χ0n) is 11.6. The Hall–Kier alpha value is -1.61. The first-order chi connectivity index (χ1) is 8.90. The van der Waals surface area contributed by atoms with Crippen molar-refractivity contribution in [3.63, 3.8) is 0 Å². The molecule has 1 aromatic heterocycles. The Morgan fingerprint density at radius 1 is 1.32 bits per heavy atom. The third-order valence-corrected chi connectivity index (χ3v) is 3.76. The van der Waals surface area contributed by atoms with E-state index in [9.17, 15) is 4.79 Å². The second-order valence-corrected chi connectivity index (χ2v) is 5.27. The predicted molar refractivity (Wildman–Crippen MR) is 76.9 cm³/mol. The number of carbonyl (C=O) groups excluding carboxylic acids is 1. The van der Waals surface area contributed by atoms with Gasteiger partial charge in [0, 0.05) is 12.6 Å². The van der Waals surface area contributed by atoms with Gasteiger partial charge in [-0.1, -0.05) is 35.4 Å². The van der Waals surface area contributed by atoms with Crippen LogP contribution in [0.3, 0.4) is 0 Å². The van der Waals surface area contributed by atoms with Crippen molar-refractivity contribution in [2.45, 2.75) is 27.2 Å². The maximum atomic E-state index is 12.4. The third kappa shape index (κ3) is 2.71. The number of benzene rings is 1. The fourth-order valence-electron chi connectivity index (χ4n) is 2.25. The first kappa shape index (κ1) is 13.8. The third-order valence-electron chi connectivity index (χ3n) is 3.27. The number of hydrogen-bond donors (Lipinski definition) is 0. The Morgan fingerprint density at radius 3 is 2.53 bits per heavy atom. The highest BCUT2D eigenvalue weighted by atomic mass is 35.5. The minimum atomic E-state index is 0.0717. The van der Waals surface area contributed by atoms with Gasteiger partial charge >= 0.3 is 0 Å². The van der Waals surface area contributed by atoms with Gasteiger partial charge in [0.2, 0.25) is 0 Å². The molecule has 1 heterocycles. The average Bonchev–Trinajstić information content (AvgIpc) is 2.56. The van der Waals surface area contributed by atoms with Crippen molar-refractivity contribution in [2.75, 3.05) is 0 Å². The summed E-state index contributed by atoms with van der Waals surface area (Å²) in [5, 5.41) is 4.81. The number of carbonyl (C=O) groups is 1. The minimum absolute atomic E-state index is 0.0717. The van der Waals surface area contributed by atoms with Gasteiger partial charge < -0.3 is 0 Å². The quantitative estimate of drug-likeness (QED) is 0.805. The molecule has 4 heteroatoms. The van der Waals surface area contributed by atoms with Crippen molar-refractivity contribution in [1.82, 2.24) is 9.78 Å². The fourth-order valence-corrected chi connectivity index (χ4v) is 2.47. The largest absolute Gasteiger partial charge is 0.294 e. The van der Waals surface area contributed by atoms with Crippen LogP contribution >= 0.6 is 11.6 Å². The molecule has 0 fully saturated rings. The molecule has 2 rings (SSSR count). The molecule has 0 saturated carbocycles. The van der Waals surface area contributed by atoms with E-state index in [0.717, 1.165) is 28.1 Å². The first-order valence-electron chi connectivity index (χ1n) is 6.18. The van der Waals surface area contributed by atoms with Crippen molar-refractivity contribution in [1.29, 1.82) is 0 Å². The topological polar surface area (TPSA) is 34.9 Å². The van der Waals surface area contributed by atoms with Crippen molar-refractivity contribution >= 4 is 17.4 Å². The molecule has 0 atom stereocenters. The van der Waals surface area contributed by atoms with Gasteiger partial charge in [-0.2, -0.15) is 5.10 Å². The second-order valence-electron chi connectivity index (χ2n) is 4.89. The summed E-state index contributed by atoms with van der Waals surface area (Å²) in [6.07, 6.45) is 0.278. The van der Waals surface area contributed by atoms with E-state index in [1.54, 1.807) is 4.68 Å². The van der Waals surface area contributed by atoms with Gasteiger partial charge in [0.15, 0.2) is 5.78 Å². The van der Waals surface area contributed by atoms with E-state index in [-0.39, 0.29) is 12.2 Å². The Morgan fingerprint density at radius 2 is 2.00 bits per heavy atom. The first-order valence-corrected chi connectivity index (χ1v) is 6.56. The molecule has 3 nitrogen and oxygen atoms in total. The molecular formula is C15H17ClN2O. The molecule has 0 bridgehead atoms. The number of nitrogens with zero attached hydrogens (tertiary/aromatic N) is 2. The summed E-state index contributed by atoms with van der Waals surface area (Å²) in [7, 11) is 1.81. The fraction of sp³-hybridized carbons (Fsp3) is 0.333. The van der Waals surface area contributed by atoms with E-state index < -0.39 is 0 Å². The van der Waals surface area contributed by atoms with Crippen molar-refractivity contribution in [3.05, 3.63) is 51.3 Å². The van der Waals surface area contributed by atoms with Crippen LogP contribution in [0, 0.1) is 20.8 Å². The van der Waals surface area contributed by atoms with E-state index in [4.69, 9.17) is 11.6 Å². The molecule has 19 heavy (non-hydrogen) atoms. The van der Waals surface area contributed by atoms with Gasteiger partial charge in [0.25, 0.3) is 0 Å². The second kappa shape index (κ2) is 5.17. The number of rotatable bonds is 3. The van der Waals surface area contributed by atoms with Crippen molar-refractivity contribution in [3.8, 4) is 0 Å². The summed E-state index contributed by atoms with van der Waals surface area (Å²) in [5.74, 6) is 0.0717. The minimum Gasteiger partial charge on any atom is -0.294 e. The molecule has 100 valence electrons. The molecular weight excluding hydrogens is 260 g/mol. The van der Waals surface area contributed by atoms with Crippen molar-refractivity contribution < 1.29 is 4.79 Å². The molecule has 0 saturated heterocycles. The maximum absolute atomic E-state index is 12.4. The lowest BCUT2D eigenvalue weighted by atomic mass is 9.99. The molecule has 1 aromatic carbocycles. The molecule has 0 radical (unpaired) electrons. The zero-order valence-corrected chi connectivity index (χ0v) is 12.4. The summed E-state index contributed by atoms with van der Waals surface area (Å²) in [6, 6.07) is 5.85. The highest BCUT2D eigenvalue weighted by Crippen LogP contribution is 2.22. The van der Waals surface area contributed by atoms with Gasteiger partial charge in [-0.3, -0.25) is 9.48 Å². The zero-order chi connectivity index (χ0) is 14.2. The van der Waals surface area contributed by atoms with E-state index in [2.05, 4.69) is 5.10 Å². The highest BCUT2D eigenvalue weighted by molar-refractivity contribution is 6.32. The summed E-state index contributed by atoms with van der Waals surface area (Å²) >= 11 is 6.18. The van der Waals surface area contributed by atoms with Gasteiger partial charge in [-0.25, -0.2) is 0 Å². The van der Waals surface area contributed by atoms with Crippen LogP contribution in [-0.4, -0.2) is 15.6 Å². The van der Waals surface area contributed by atoms with E-state index in [1.165, 1.54) is 0 Å². The number of hydrogen-bond acceptors (Lipinski definition) is 2. The van der Waals surface area contributed by atoms with Crippen LogP contribution in [0.15, 0.2) is 18.2 Å². The highest BCUT2D eigenvalue weighted by Gasteiger charge is 2.17. The van der Waals surface area contributed by atoms with Crippen LogP contribution in [0.1, 0.15) is 32.9 Å². The lowest BCUT2D eigenvalue weighted by Gasteiger charge is -2.07. The molecule has 0 aliphatic rings. The number of aryl methyl sites for hydroxylation is 4. The smallest absolute Gasteiger partial charge is 0.169 e. The Bertz CT molecular complexity index is 644. The van der Waals surface area contributed by atoms with Crippen LogP contribution in [-0.2, 0) is 13.5 Å². The number of aromatic nitrogens is 2. The maximum Gasteiger partial charge on any atom is 0.169 e. The number of halogens is 1. The normalized spacial score (nSPS) is 10.8. The molecule has 2 aromatic rings. The molecule has 0 unspecified atom stereocenters. The predicted octanol–water partition coefficient (Wildman–Crippen LogP) is 3.42. The lowest BCUT2D eigenvalue weighted by molar-refractivity contribution is 0.0990. The van der Waals surface area contributed by atoms with Gasteiger partial charge in [0.05, 0.1) is 22.8 Å². The Labute approximate surface area is 118 Å². The number of Topliss-reactive ketones (excluding diaryl/α,β-unsaturated/α-hetero) is 1. The molecule has 0 N–H and O–H groups in total. The van der Waals surface area contributed by atoms with E-state index in [0.29, 0.717) is 5.02 Å². The van der Waals surface area contributed by atoms with Gasteiger partial charge in [-0.15, -0.1) is 0 Å². The van der Waals surface area contributed by atoms with Crippen LogP contribution in [0.25, 0.3) is 0 Å². The lowest BCUT2D eigenvalue weighted by Crippen LogP contribution is -2.09. The van der Waals surface area contributed by atoms with Gasteiger partial charge in [0.1, 0.15) is 0 Å². The monoisotopic (exact) mass is 276 g/mol. The van der Waals surface area contributed by atoms with Crippen LogP contribution in [0.5, 0.6) is 0 Å².